The van der Waals surface area contributed by atoms with E-state index in [-0.39, 0.29) is 17.9 Å². The number of carbonyl (C=O) groups is 3. The minimum absolute atomic E-state index is 0.0115. The van der Waals surface area contributed by atoms with Crippen molar-refractivity contribution in [2.75, 3.05) is 11.9 Å². The van der Waals surface area contributed by atoms with E-state index in [2.05, 4.69) is 17.2 Å². The summed E-state index contributed by atoms with van der Waals surface area (Å²) in [4.78, 5) is 41.0. The lowest BCUT2D eigenvalue weighted by Crippen LogP contribution is -2.51. The second-order valence-corrected chi connectivity index (χ2v) is 10.1. The van der Waals surface area contributed by atoms with E-state index in [1.54, 1.807) is 52.0 Å². The summed E-state index contributed by atoms with van der Waals surface area (Å²) in [5.41, 5.74) is 0.597. The van der Waals surface area contributed by atoms with Gasteiger partial charge in [0.1, 0.15) is 23.4 Å². The summed E-state index contributed by atoms with van der Waals surface area (Å²) in [5.74, 6) is -1.17. The van der Waals surface area contributed by atoms with Crippen LogP contribution in [0.25, 0.3) is 10.8 Å². The first-order chi connectivity index (χ1) is 17.9. The molecule has 3 aromatic carbocycles. The Hall–Kier alpha value is -4.33. The van der Waals surface area contributed by atoms with Crippen LogP contribution in [0.4, 0.5) is 10.5 Å². The van der Waals surface area contributed by atoms with E-state index in [9.17, 15) is 19.5 Å². The molecule has 0 spiro atoms. The summed E-state index contributed by atoms with van der Waals surface area (Å²) >= 11 is 0. The number of hydrogen-bond acceptors (Lipinski definition) is 5. The van der Waals surface area contributed by atoms with Crippen LogP contribution in [0.3, 0.4) is 0 Å². The van der Waals surface area contributed by atoms with Gasteiger partial charge in [0.05, 0.1) is 0 Å². The number of hydrogen-bond donors (Lipinski definition) is 3. The fourth-order valence-corrected chi connectivity index (χ4v) is 4.09. The number of benzene rings is 3. The summed E-state index contributed by atoms with van der Waals surface area (Å²) in [6.45, 7) is 12.1. The quantitative estimate of drug-likeness (QED) is 0.344. The lowest BCUT2D eigenvalue weighted by atomic mass is 9.99. The molecular formula is C30H35N3O5. The maximum atomic E-state index is 13.8. The molecule has 3 amide bonds. The zero-order chi connectivity index (χ0) is 28.0. The summed E-state index contributed by atoms with van der Waals surface area (Å²) < 4.78 is 5.28. The predicted molar refractivity (Wildman–Crippen MR) is 149 cm³/mol. The van der Waals surface area contributed by atoms with Gasteiger partial charge in [-0.25, -0.2) is 4.79 Å². The van der Waals surface area contributed by atoms with Crippen molar-refractivity contribution in [3.05, 3.63) is 84.4 Å². The number of rotatable bonds is 8. The number of aryl methyl sites for hydroxylation is 1. The third-order valence-corrected chi connectivity index (χ3v) is 5.85. The molecule has 0 aliphatic carbocycles. The molecule has 3 N–H and O–H groups in total. The predicted octanol–water partition coefficient (Wildman–Crippen LogP) is 5.46. The number of alkyl carbamates (subject to hydrolysis) is 1. The lowest BCUT2D eigenvalue weighted by Gasteiger charge is -2.33. The molecule has 3 rings (SSSR count). The van der Waals surface area contributed by atoms with Crippen LogP contribution in [0.5, 0.6) is 5.75 Å². The molecule has 8 nitrogen and oxygen atoms in total. The van der Waals surface area contributed by atoms with Crippen LogP contribution in [-0.4, -0.2) is 46.1 Å². The Labute approximate surface area is 223 Å². The van der Waals surface area contributed by atoms with E-state index in [0.717, 1.165) is 10.8 Å². The van der Waals surface area contributed by atoms with Crippen molar-refractivity contribution in [2.24, 2.45) is 0 Å². The van der Waals surface area contributed by atoms with Gasteiger partial charge in [-0.05, 0) is 63.1 Å². The molecule has 0 radical (unpaired) electrons. The first-order valence-corrected chi connectivity index (χ1v) is 12.4. The number of fused-ring (bicyclic) bond motifs is 1. The van der Waals surface area contributed by atoms with Gasteiger partial charge in [-0.2, -0.15) is 0 Å². The van der Waals surface area contributed by atoms with Crippen LogP contribution >= 0.6 is 0 Å². The van der Waals surface area contributed by atoms with E-state index in [1.165, 1.54) is 17.9 Å². The van der Waals surface area contributed by atoms with Crippen LogP contribution in [0, 0.1) is 6.92 Å². The average molecular weight is 518 g/mol. The number of phenolic OH excluding ortho intramolecular Hbond substituents is 1. The zero-order valence-electron chi connectivity index (χ0n) is 22.4. The number of phenols is 1. The fraction of sp³-hybridized carbons (Fsp3) is 0.300. The second kappa shape index (κ2) is 11.8. The molecule has 2 atom stereocenters. The highest BCUT2D eigenvalue weighted by molar-refractivity contribution is 6.00. The zero-order valence-corrected chi connectivity index (χ0v) is 22.4. The molecule has 0 aliphatic heterocycles. The Bertz CT molecular complexity index is 1350. The number of anilines is 1. The normalized spacial score (nSPS) is 12.8. The van der Waals surface area contributed by atoms with E-state index >= 15 is 0 Å². The first kappa shape index (κ1) is 28.2. The molecule has 3 aromatic rings. The Morgan fingerprint density at radius 2 is 1.74 bits per heavy atom. The molecule has 0 saturated heterocycles. The van der Waals surface area contributed by atoms with Gasteiger partial charge in [0.15, 0.2) is 0 Å². The number of carbonyl (C=O) groups excluding carboxylic acids is 3. The van der Waals surface area contributed by atoms with E-state index in [0.29, 0.717) is 11.3 Å². The highest BCUT2D eigenvalue weighted by Gasteiger charge is 2.36. The number of amides is 3. The van der Waals surface area contributed by atoms with Crippen LogP contribution in [0.1, 0.15) is 44.9 Å². The fourth-order valence-electron chi connectivity index (χ4n) is 4.09. The minimum Gasteiger partial charge on any atom is -0.507 e. The van der Waals surface area contributed by atoms with Crippen molar-refractivity contribution in [3.8, 4) is 5.75 Å². The third-order valence-electron chi connectivity index (χ3n) is 5.85. The van der Waals surface area contributed by atoms with Gasteiger partial charge >= 0.3 is 6.09 Å². The molecule has 0 aliphatic rings. The number of ether oxygens (including phenoxy) is 1. The van der Waals surface area contributed by atoms with E-state index < -0.39 is 35.6 Å². The maximum Gasteiger partial charge on any atom is 0.408 e. The molecule has 200 valence electrons. The van der Waals surface area contributed by atoms with Crippen LogP contribution in [0.15, 0.2) is 73.3 Å². The number of nitrogens with one attached hydrogen (secondary N) is 2. The molecule has 0 fully saturated rings. The molecule has 2 unspecified atom stereocenters. The summed E-state index contributed by atoms with van der Waals surface area (Å²) in [5, 5.41) is 18.3. The maximum absolute atomic E-state index is 13.8. The van der Waals surface area contributed by atoms with Crippen molar-refractivity contribution in [3.63, 3.8) is 0 Å². The van der Waals surface area contributed by atoms with Gasteiger partial charge < -0.3 is 25.4 Å². The molecule has 0 heterocycles. The minimum atomic E-state index is -1.21. The smallest absolute Gasteiger partial charge is 0.408 e. The number of nitrogens with zero attached hydrogens (tertiary/aromatic N) is 1. The van der Waals surface area contributed by atoms with Crippen LogP contribution < -0.4 is 10.6 Å². The standard InChI is InChI=1S/C30H35N3O5/c1-7-17-33(28(36)20(3)31-29(37)38-30(4,5)6)25(24-14-10-11-19(2)26(24)34)27(35)32-23-16-15-21-12-8-9-13-22(21)18-23/h7-16,18,20,25,34H,1,17H2,2-6H3,(H,31,37)(H,32,35). The largest absolute Gasteiger partial charge is 0.507 e. The molecule has 8 heteroatoms. The summed E-state index contributed by atoms with van der Waals surface area (Å²) in [6, 6.07) is 16.0. The highest BCUT2D eigenvalue weighted by Crippen LogP contribution is 2.33. The van der Waals surface area contributed by atoms with Crippen LogP contribution in [-0.2, 0) is 14.3 Å². The number of aromatic hydroxyl groups is 1. The molecule has 0 bridgehead atoms. The van der Waals surface area contributed by atoms with Gasteiger partial charge in [-0.3, -0.25) is 9.59 Å². The summed E-state index contributed by atoms with van der Waals surface area (Å²) in [6.07, 6.45) is 0.730. The summed E-state index contributed by atoms with van der Waals surface area (Å²) in [7, 11) is 0. The van der Waals surface area contributed by atoms with Crippen molar-refractivity contribution >= 4 is 34.4 Å². The number of para-hydroxylation sites is 1. The Balaban J connectivity index is 1.98. The van der Waals surface area contributed by atoms with Crippen LogP contribution in [0.2, 0.25) is 0 Å². The molecule has 0 saturated carbocycles. The van der Waals surface area contributed by atoms with Crippen molar-refractivity contribution < 1.29 is 24.2 Å². The van der Waals surface area contributed by atoms with Gasteiger partial charge in [0.2, 0.25) is 5.91 Å². The lowest BCUT2D eigenvalue weighted by molar-refractivity contribution is -0.139. The Kier molecular flexibility index (Phi) is 8.78. The SMILES string of the molecule is C=CCN(C(=O)C(C)NC(=O)OC(C)(C)C)C(C(=O)Nc1ccc2ccccc2c1)c1cccc(C)c1O. The van der Waals surface area contributed by atoms with Gasteiger partial charge in [-0.1, -0.05) is 54.6 Å². The third kappa shape index (κ3) is 6.91. The average Bonchev–Trinajstić information content (AvgIpc) is 2.84. The van der Waals surface area contributed by atoms with E-state index in [1.807, 2.05) is 36.4 Å². The Morgan fingerprint density at radius 1 is 1.05 bits per heavy atom. The van der Waals surface area contributed by atoms with Crippen molar-refractivity contribution in [1.82, 2.24) is 10.2 Å². The first-order valence-electron chi connectivity index (χ1n) is 12.4. The van der Waals surface area contributed by atoms with Crippen molar-refractivity contribution in [2.45, 2.75) is 52.3 Å². The monoisotopic (exact) mass is 517 g/mol. The van der Waals surface area contributed by atoms with Gasteiger partial charge in [0.25, 0.3) is 5.91 Å². The molecule has 38 heavy (non-hydrogen) atoms. The highest BCUT2D eigenvalue weighted by atomic mass is 16.6. The second-order valence-electron chi connectivity index (χ2n) is 10.1. The van der Waals surface area contributed by atoms with Gasteiger partial charge in [0, 0.05) is 17.8 Å². The Morgan fingerprint density at radius 3 is 2.39 bits per heavy atom. The van der Waals surface area contributed by atoms with Crippen molar-refractivity contribution in [1.29, 1.82) is 0 Å². The molecule has 0 aromatic heterocycles. The van der Waals surface area contributed by atoms with E-state index in [4.69, 9.17) is 4.74 Å². The molecular weight excluding hydrogens is 482 g/mol. The topological polar surface area (TPSA) is 108 Å². The van der Waals surface area contributed by atoms with Gasteiger partial charge in [-0.15, -0.1) is 6.58 Å².